The van der Waals surface area contributed by atoms with E-state index in [9.17, 15) is 9.90 Å². The molecule has 106 valence electrons. The molecule has 0 aromatic heterocycles. The van der Waals surface area contributed by atoms with E-state index in [2.05, 4.69) is 11.6 Å². The number of likely N-dealkylation sites (N-methyl/N-ethyl adjacent to an activating group) is 1. The molecule has 5 heteroatoms. The van der Waals surface area contributed by atoms with E-state index in [1.54, 1.807) is 25.8 Å². The first-order chi connectivity index (χ1) is 8.33. The number of hydrogen-bond acceptors (Lipinski definition) is 3. The van der Waals surface area contributed by atoms with Crippen molar-refractivity contribution in [3.63, 3.8) is 0 Å². The predicted octanol–water partition coefficient (Wildman–Crippen LogP) is 2.07. The van der Waals surface area contributed by atoms with Gasteiger partial charge in [-0.25, -0.2) is 4.79 Å². The monoisotopic (exact) mass is 274 g/mol. The molecule has 2 amide bonds. The normalized spacial score (nSPS) is 24.7. The van der Waals surface area contributed by atoms with Crippen LogP contribution >= 0.6 is 11.8 Å². The van der Waals surface area contributed by atoms with Gasteiger partial charge in [-0.1, -0.05) is 12.8 Å². The van der Waals surface area contributed by atoms with E-state index < -0.39 is 5.60 Å². The second-order valence-electron chi connectivity index (χ2n) is 5.78. The van der Waals surface area contributed by atoms with E-state index in [-0.39, 0.29) is 12.1 Å². The standard InChI is InChI=1S/C13H26N2O2S/c1-13(2,17)9-15(3)12(16)14-10-7-5-6-8-11(10)18-4/h10-11,17H,5-9H2,1-4H3,(H,14,16)/t10-,11+/m1/s1. The molecule has 1 aliphatic rings. The number of nitrogens with zero attached hydrogens (tertiary/aromatic N) is 1. The molecular formula is C13H26N2O2S. The predicted molar refractivity (Wildman–Crippen MR) is 77.0 cm³/mol. The lowest BCUT2D eigenvalue weighted by Crippen LogP contribution is -2.51. The van der Waals surface area contributed by atoms with E-state index in [0.29, 0.717) is 11.8 Å². The molecule has 0 spiro atoms. The molecular weight excluding hydrogens is 248 g/mol. The first-order valence-corrected chi connectivity index (χ1v) is 7.89. The number of thioether (sulfide) groups is 1. The van der Waals surface area contributed by atoms with Crippen molar-refractivity contribution in [1.29, 1.82) is 0 Å². The Hall–Kier alpha value is -0.420. The molecule has 18 heavy (non-hydrogen) atoms. The van der Waals surface area contributed by atoms with Crippen LogP contribution in [0.25, 0.3) is 0 Å². The van der Waals surface area contributed by atoms with Gasteiger partial charge in [-0.15, -0.1) is 0 Å². The van der Waals surface area contributed by atoms with Gasteiger partial charge in [0.15, 0.2) is 0 Å². The van der Waals surface area contributed by atoms with Crippen LogP contribution in [0.1, 0.15) is 39.5 Å². The van der Waals surface area contributed by atoms with Crippen molar-refractivity contribution in [3.8, 4) is 0 Å². The number of aliphatic hydroxyl groups is 1. The third-order valence-corrected chi connectivity index (χ3v) is 4.45. The Morgan fingerprint density at radius 3 is 2.61 bits per heavy atom. The smallest absolute Gasteiger partial charge is 0.317 e. The Bertz CT molecular complexity index is 279. The highest BCUT2D eigenvalue weighted by Crippen LogP contribution is 2.27. The van der Waals surface area contributed by atoms with E-state index in [1.165, 1.54) is 19.3 Å². The number of carbonyl (C=O) groups excluding carboxylic acids is 1. The number of rotatable bonds is 4. The molecule has 1 saturated carbocycles. The SMILES string of the molecule is CS[C@H]1CCCC[C@H]1NC(=O)N(C)CC(C)(C)O. The van der Waals surface area contributed by atoms with Crippen molar-refractivity contribution < 1.29 is 9.90 Å². The fourth-order valence-electron chi connectivity index (χ4n) is 2.47. The molecule has 0 heterocycles. The zero-order valence-electron chi connectivity index (χ0n) is 11.9. The minimum absolute atomic E-state index is 0.0805. The average Bonchev–Trinajstić information content (AvgIpc) is 2.27. The molecule has 1 aliphatic carbocycles. The summed E-state index contributed by atoms with van der Waals surface area (Å²) in [5.74, 6) is 0. The molecule has 2 N–H and O–H groups in total. The summed E-state index contributed by atoms with van der Waals surface area (Å²) in [6.45, 7) is 3.76. The van der Waals surface area contributed by atoms with E-state index >= 15 is 0 Å². The summed E-state index contributed by atoms with van der Waals surface area (Å²) in [5, 5.41) is 13.3. The zero-order valence-corrected chi connectivity index (χ0v) is 12.7. The molecule has 0 aromatic carbocycles. The van der Waals surface area contributed by atoms with E-state index in [1.807, 2.05) is 11.8 Å². The van der Waals surface area contributed by atoms with Crippen molar-refractivity contribution >= 4 is 17.8 Å². The quantitative estimate of drug-likeness (QED) is 0.825. The van der Waals surface area contributed by atoms with Crippen LogP contribution in [0.3, 0.4) is 0 Å². The maximum Gasteiger partial charge on any atom is 0.317 e. The summed E-state index contributed by atoms with van der Waals surface area (Å²) >= 11 is 1.84. The second kappa shape index (κ2) is 6.66. The topological polar surface area (TPSA) is 52.6 Å². The van der Waals surface area contributed by atoms with Gasteiger partial charge < -0.3 is 15.3 Å². The number of hydrogen-bond donors (Lipinski definition) is 2. The van der Waals surface area contributed by atoms with Crippen LogP contribution in [0.4, 0.5) is 4.79 Å². The first kappa shape index (κ1) is 15.6. The lowest BCUT2D eigenvalue weighted by Gasteiger charge is -2.33. The number of urea groups is 1. The molecule has 0 bridgehead atoms. The highest BCUT2D eigenvalue weighted by Gasteiger charge is 2.27. The van der Waals surface area contributed by atoms with Crippen LogP contribution in [0.15, 0.2) is 0 Å². The van der Waals surface area contributed by atoms with Crippen LogP contribution in [0, 0.1) is 0 Å². The molecule has 1 rings (SSSR count). The fourth-order valence-corrected chi connectivity index (χ4v) is 3.40. The minimum Gasteiger partial charge on any atom is -0.389 e. The van der Waals surface area contributed by atoms with Gasteiger partial charge in [-0.2, -0.15) is 11.8 Å². The van der Waals surface area contributed by atoms with Crippen LogP contribution in [0.2, 0.25) is 0 Å². The summed E-state index contributed by atoms with van der Waals surface area (Å²) in [5.41, 5.74) is -0.850. The molecule has 1 fully saturated rings. The van der Waals surface area contributed by atoms with Crippen molar-refractivity contribution in [2.75, 3.05) is 19.8 Å². The summed E-state index contributed by atoms with van der Waals surface area (Å²) in [6.07, 6.45) is 6.80. The molecule has 0 aromatic rings. The van der Waals surface area contributed by atoms with Gasteiger partial charge in [-0.3, -0.25) is 0 Å². The molecule has 0 radical (unpaired) electrons. The van der Waals surface area contributed by atoms with Crippen LogP contribution in [-0.4, -0.2) is 52.8 Å². The van der Waals surface area contributed by atoms with Crippen molar-refractivity contribution in [1.82, 2.24) is 10.2 Å². The maximum absolute atomic E-state index is 12.0. The Balaban J connectivity index is 2.47. The minimum atomic E-state index is -0.850. The fraction of sp³-hybridized carbons (Fsp3) is 0.923. The molecule has 0 saturated heterocycles. The lowest BCUT2D eigenvalue weighted by molar-refractivity contribution is 0.0526. The van der Waals surface area contributed by atoms with Gasteiger partial charge in [0, 0.05) is 18.3 Å². The number of amides is 2. The third-order valence-electron chi connectivity index (χ3n) is 3.28. The van der Waals surface area contributed by atoms with Gasteiger partial charge in [0.2, 0.25) is 0 Å². The summed E-state index contributed by atoms with van der Waals surface area (Å²) in [4.78, 5) is 13.6. The molecule has 0 unspecified atom stereocenters. The van der Waals surface area contributed by atoms with Gasteiger partial charge in [-0.05, 0) is 32.9 Å². The molecule has 2 atom stereocenters. The Morgan fingerprint density at radius 2 is 2.06 bits per heavy atom. The highest BCUT2D eigenvalue weighted by molar-refractivity contribution is 7.99. The van der Waals surface area contributed by atoms with Crippen molar-refractivity contribution in [2.24, 2.45) is 0 Å². The average molecular weight is 274 g/mol. The van der Waals surface area contributed by atoms with E-state index in [0.717, 1.165) is 6.42 Å². The van der Waals surface area contributed by atoms with Crippen molar-refractivity contribution in [2.45, 2.75) is 56.4 Å². The van der Waals surface area contributed by atoms with Crippen LogP contribution in [0.5, 0.6) is 0 Å². The lowest BCUT2D eigenvalue weighted by atomic mass is 9.95. The Kier molecular flexibility index (Phi) is 5.79. The summed E-state index contributed by atoms with van der Waals surface area (Å²) in [7, 11) is 1.73. The summed E-state index contributed by atoms with van der Waals surface area (Å²) in [6, 6.07) is 0.189. The highest BCUT2D eigenvalue weighted by atomic mass is 32.2. The van der Waals surface area contributed by atoms with E-state index in [4.69, 9.17) is 0 Å². The van der Waals surface area contributed by atoms with Gasteiger partial charge in [0.1, 0.15) is 0 Å². The number of nitrogens with one attached hydrogen (secondary N) is 1. The maximum atomic E-state index is 12.0. The Morgan fingerprint density at radius 1 is 1.44 bits per heavy atom. The zero-order chi connectivity index (χ0) is 13.8. The van der Waals surface area contributed by atoms with Crippen molar-refractivity contribution in [3.05, 3.63) is 0 Å². The molecule has 4 nitrogen and oxygen atoms in total. The van der Waals surface area contributed by atoms with Gasteiger partial charge >= 0.3 is 6.03 Å². The number of carbonyl (C=O) groups is 1. The van der Waals surface area contributed by atoms with Crippen LogP contribution < -0.4 is 5.32 Å². The second-order valence-corrected chi connectivity index (χ2v) is 6.86. The van der Waals surface area contributed by atoms with Gasteiger partial charge in [0.05, 0.1) is 12.1 Å². The largest absolute Gasteiger partial charge is 0.389 e. The van der Waals surface area contributed by atoms with Crippen LogP contribution in [-0.2, 0) is 0 Å². The molecule has 0 aliphatic heterocycles. The summed E-state index contributed by atoms with van der Waals surface area (Å²) < 4.78 is 0. The Labute approximate surface area is 115 Å². The third kappa shape index (κ3) is 5.06. The first-order valence-electron chi connectivity index (χ1n) is 6.60. The van der Waals surface area contributed by atoms with Gasteiger partial charge in [0.25, 0.3) is 0 Å².